The number of hydrogen-bond donors (Lipinski definition) is 0. The fourth-order valence-corrected chi connectivity index (χ4v) is 0.438. The largest absolute Gasteiger partial charge is 1.00 e. The number of hydrogen-bond acceptors (Lipinski definition) is 0. The fraction of sp³-hybridized carbons (Fsp3) is 0. The average molecular weight is 115 g/mol. The van der Waals surface area contributed by atoms with Gasteiger partial charge in [-0.1, -0.05) is 30.3 Å². The second-order valence-electron chi connectivity index (χ2n) is 1.37. The molecule has 0 aromatic heterocycles. The van der Waals surface area contributed by atoms with E-state index in [0.717, 1.165) is 0 Å². The maximum Gasteiger partial charge on any atom is 1.00 e. The zero-order valence-corrected chi connectivity index (χ0v) is 6.89. The summed E-state index contributed by atoms with van der Waals surface area (Å²) in [7, 11) is 0. The zero-order valence-electron chi connectivity index (χ0n) is 4.89. The van der Waals surface area contributed by atoms with Crippen molar-refractivity contribution in [3.63, 3.8) is 0 Å². The number of rotatable bonds is 0. The molecule has 0 radical (unpaired) electrons. The summed E-state index contributed by atoms with van der Waals surface area (Å²) >= 11 is 0. The Labute approximate surface area is 71.2 Å². The molecule has 0 heterocycles. The van der Waals surface area contributed by atoms with Gasteiger partial charge in [0.15, 0.2) is 0 Å². The van der Waals surface area contributed by atoms with E-state index in [-0.39, 0.29) is 29.6 Å². The topological polar surface area (TPSA) is 23.8 Å². The SMILES string of the molecule is [NH-]c1ccccc1.[Na+]. The summed E-state index contributed by atoms with van der Waals surface area (Å²) < 4.78 is 0. The third kappa shape index (κ3) is 2.36. The Morgan fingerprint density at radius 2 is 1.50 bits per heavy atom. The number of benzene rings is 1. The summed E-state index contributed by atoms with van der Waals surface area (Å²) in [5.41, 5.74) is 7.57. The molecule has 0 aliphatic heterocycles. The Morgan fingerprint density at radius 1 is 1.00 bits per heavy atom. The van der Waals surface area contributed by atoms with Gasteiger partial charge < -0.3 is 5.73 Å². The fourth-order valence-electron chi connectivity index (χ4n) is 0.438. The van der Waals surface area contributed by atoms with Gasteiger partial charge in [-0.05, 0) is 0 Å². The van der Waals surface area contributed by atoms with Crippen molar-refractivity contribution in [2.24, 2.45) is 0 Å². The summed E-state index contributed by atoms with van der Waals surface area (Å²) in [6, 6.07) is 9.10. The van der Waals surface area contributed by atoms with Crippen LogP contribution in [-0.2, 0) is 0 Å². The third-order valence-electron chi connectivity index (χ3n) is 0.774. The smallest absolute Gasteiger partial charge is 0.699 e. The minimum atomic E-state index is 0. The minimum absolute atomic E-state index is 0. The van der Waals surface area contributed by atoms with Crippen LogP contribution in [0.25, 0.3) is 5.73 Å². The molecule has 1 nitrogen and oxygen atoms in total. The van der Waals surface area contributed by atoms with Crippen molar-refractivity contribution in [2.45, 2.75) is 0 Å². The molecule has 0 saturated carbocycles. The maximum absolute atomic E-state index is 7.00. The molecule has 8 heavy (non-hydrogen) atoms. The van der Waals surface area contributed by atoms with E-state index < -0.39 is 0 Å². The van der Waals surface area contributed by atoms with Crippen molar-refractivity contribution in [1.82, 2.24) is 0 Å². The molecular formula is C6H6NNa. The molecule has 0 aliphatic rings. The third-order valence-corrected chi connectivity index (χ3v) is 0.774. The molecule has 1 aromatic rings. The Bertz CT molecular complexity index is 138. The Balaban J connectivity index is 0.000000490. The van der Waals surface area contributed by atoms with E-state index in [4.69, 9.17) is 5.73 Å². The predicted octanol–water partition coefficient (Wildman–Crippen LogP) is -0.626. The molecule has 2 heteroatoms. The molecule has 0 spiro atoms. The second kappa shape index (κ2) is 3.96. The van der Waals surface area contributed by atoms with Crippen molar-refractivity contribution < 1.29 is 29.6 Å². The first-order valence-electron chi connectivity index (χ1n) is 2.16. The molecule has 0 bridgehead atoms. The monoisotopic (exact) mass is 115 g/mol. The molecule has 0 unspecified atom stereocenters. The maximum atomic E-state index is 7.00. The molecule has 0 aliphatic carbocycles. The normalized spacial score (nSPS) is 7.50. The molecule has 1 N–H and O–H groups in total. The van der Waals surface area contributed by atoms with E-state index in [0.29, 0.717) is 5.69 Å². The first-order chi connectivity index (χ1) is 3.39. The van der Waals surface area contributed by atoms with Crippen LogP contribution in [0.3, 0.4) is 0 Å². The summed E-state index contributed by atoms with van der Waals surface area (Å²) in [6.07, 6.45) is 0. The van der Waals surface area contributed by atoms with Crippen molar-refractivity contribution >= 4 is 5.69 Å². The summed E-state index contributed by atoms with van der Waals surface area (Å²) in [5, 5.41) is 0. The van der Waals surface area contributed by atoms with Crippen LogP contribution in [0.4, 0.5) is 5.69 Å². The van der Waals surface area contributed by atoms with Gasteiger partial charge in [0.1, 0.15) is 0 Å². The Morgan fingerprint density at radius 3 is 1.75 bits per heavy atom. The van der Waals surface area contributed by atoms with Crippen molar-refractivity contribution in [1.29, 1.82) is 0 Å². The van der Waals surface area contributed by atoms with Gasteiger partial charge in [0.2, 0.25) is 0 Å². The van der Waals surface area contributed by atoms with E-state index in [1.807, 2.05) is 18.2 Å². The van der Waals surface area contributed by atoms with Gasteiger partial charge in [-0.25, -0.2) is 0 Å². The van der Waals surface area contributed by atoms with Crippen molar-refractivity contribution in [2.75, 3.05) is 0 Å². The van der Waals surface area contributed by atoms with Gasteiger partial charge in [-0.15, -0.1) is 5.69 Å². The van der Waals surface area contributed by atoms with E-state index in [9.17, 15) is 0 Å². The molecule has 0 amide bonds. The van der Waals surface area contributed by atoms with Gasteiger partial charge >= 0.3 is 29.6 Å². The van der Waals surface area contributed by atoms with Gasteiger partial charge in [0.25, 0.3) is 0 Å². The zero-order chi connectivity index (χ0) is 5.11. The van der Waals surface area contributed by atoms with Gasteiger partial charge in [-0.2, -0.15) is 0 Å². The average Bonchev–Trinajstić information content (AvgIpc) is 1.69. The van der Waals surface area contributed by atoms with Crippen LogP contribution >= 0.6 is 0 Å². The molecule has 1 rings (SSSR count). The molecular weight excluding hydrogens is 109 g/mol. The van der Waals surface area contributed by atoms with E-state index >= 15 is 0 Å². The molecule has 0 saturated heterocycles. The quantitative estimate of drug-likeness (QED) is 0.402. The summed E-state index contributed by atoms with van der Waals surface area (Å²) in [4.78, 5) is 0. The van der Waals surface area contributed by atoms with Crippen LogP contribution in [0.1, 0.15) is 0 Å². The molecule has 36 valence electrons. The van der Waals surface area contributed by atoms with Gasteiger partial charge in [0.05, 0.1) is 0 Å². The predicted molar refractivity (Wildman–Crippen MR) is 30.4 cm³/mol. The molecule has 0 atom stereocenters. The second-order valence-corrected chi connectivity index (χ2v) is 1.37. The van der Waals surface area contributed by atoms with E-state index in [1.165, 1.54) is 0 Å². The first kappa shape index (κ1) is 8.02. The van der Waals surface area contributed by atoms with Gasteiger partial charge in [-0.3, -0.25) is 0 Å². The van der Waals surface area contributed by atoms with Crippen LogP contribution in [-0.4, -0.2) is 0 Å². The molecule has 1 aromatic carbocycles. The first-order valence-corrected chi connectivity index (χ1v) is 2.16. The molecule has 0 fully saturated rings. The summed E-state index contributed by atoms with van der Waals surface area (Å²) in [5.74, 6) is 0. The van der Waals surface area contributed by atoms with Crippen LogP contribution in [0, 0.1) is 0 Å². The van der Waals surface area contributed by atoms with Gasteiger partial charge in [0, 0.05) is 0 Å². The standard InChI is InChI=1S/C6H6N.Na/c7-6-4-2-1-3-5-6;/h1-5,7H;/q-1;+1. The van der Waals surface area contributed by atoms with Crippen molar-refractivity contribution in [3.8, 4) is 0 Å². The van der Waals surface area contributed by atoms with Crippen LogP contribution < -0.4 is 29.6 Å². The summed E-state index contributed by atoms with van der Waals surface area (Å²) in [6.45, 7) is 0. The van der Waals surface area contributed by atoms with Crippen molar-refractivity contribution in [3.05, 3.63) is 36.1 Å². The number of nitrogens with one attached hydrogen (secondary N) is 1. The Kier molecular flexibility index (Phi) is 3.97. The van der Waals surface area contributed by atoms with E-state index in [1.54, 1.807) is 12.1 Å². The minimum Gasteiger partial charge on any atom is -0.699 e. The van der Waals surface area contributed by atoms with Crippen LogP contribution in [0.15, 0.2) is 30.3 Å². The van der Waals surface area contributed by atoms with E-state index in [2.05, 4.69) is 0 Å². The van der Waals surface area contributed by atoms with Crippen LogP contribution in [0.2, 0.25) is 0 Å². The van der Waals surface area contributed by atoms with Crippen LogP contribution in [0.5, 0.6) is 0 Å². The Hall–Kier alpha value is 0.0200.